The number of benzene rings is 1. The van der Waals surface area contributed by atoms with Gasteiger partial charge in [-0.3, -0.25) is 14.2 Å². The minimum absolute atomic E-state index is 0.0972. The van der Waals surface area contributed by atoms with Crippen LogP contribution in [0.2, 0.25) is 0 Å². The van der Waals surface area contributed by atoms with Crippen molar-refractivity contribution >= 4 is 50.6 Å². The highest BCUT2D eigenvalue weighted by atomic mass is 35.5. The predicted molar refractivity (Wildman–Crippen MR) is 139 cm³/mol. The molecule has 0 saturated heterocycles. The number of aromatic nitrogens is 2. The second-order valence-electron chi connectivity index (χ2n) is 10.0. The fourth-order valence-electron chi connectivity index (χ4n) is 5.48. The maximum absolute atomic E-state index is 13.6. The SMILES string of the molecule is CC[C@@]1(O)C(=O)OCc2c1cc1c3nc4cccc5c4c(c3cn1c2=O)N(CCC(C)C)C(CCl)N=5. The first-order valence-electron chi connectivity index (χ1n) is 12.3. The van der Waals surface area contributed by atoms with E-state index in [1.807, 2.05) is 24.4 Å². The van der Waals surface area contributed by atoms with Gasteiger partial charge in [0.15, 0.2) is 5.60 Å². The van der Waals surface area contributed by atoms with Crippen molar-refractivity contribution in [2.45, 2.75) is 52.0 Å². The average molecular weight is 507 g/mol. The van der Waals surface area contributed by atoms with Gasteiger partial charge in [0.25, 0.3) is 5.56 Å². The van der Waals surface area contributed by atoms with Gasteiger partial charge in [0.2, 0.25) is 0 Å². The number of rotatable bonds is 5. The van der Waals surface area contributed by atoms with Gasteiger partial charge in [0, 0.05) is 29.1 Å². The van der Waals surface area contributed by atoms with Crippen LogP contribution in [-0.4, -0.2) is 39.1 Å². The van der Waals surface area contributed by atoms with Crippen LogP contribution in [0, 0.1) is 5.92 Å². The van der Waals surface area contributed by atoms with E-state index in [-0.39, 0.29) is 30.3 Å². The number of halogens is 1. The van der Waals surface area contributed by atoms with E-state index in [9.17, 15) is 14.7 Å². The molecule has 5 heterocycles. The number of anilines is 1. The van der Waals surface area contributed by atoms with E-state index in [4.69, 9.17) is 26.3 Å². The maximum Gasteiger partial charge on any atom is 0.343 e. The normalized spacial score (nSPS) is 21.3. The number of nitrogens with zero attached hydrogens (tertiary/aromatic N) is 4. The van der Waals surface area contributed by atoms with E-state index < -0.39 is 11.6 Å². The lowest BCUT2D eigenvalue weighted by Crippen LogP contribution is -2.43. The van der Waals surface area contributed by atoms with Crippen molar-refractivity contribution in [3.63, 3.8) is 0 Å². The van der Waals surface area contributed by atoms with Crippen molar-refractivity contribution in [3.8, 4) is 0 Å². The Balaban J connectivity index is 1.73. The van der Waals surface area contributed by atoms with Crippen LogP contribution in [0.4, 0.5) is 5.69 Å². The summed E-state index contributed by atoms with van der Waals surface area (Å²) in [4.78, 5) is 38.2. The first-order chi connectivity index (χ1) is 17.3. The Labute approximate surface area is 212 Å². The molecule has 0 fully saturated rings. The fourth-order valence-corrected chi connectivity index (χ4v) is 5.72. The number of hydrogen-bond acceptors (Lipinski definition) is 7. The second-order valence-corrected chi connectivity index (χ2v) is 10.4. The van der Waals surface area contributed by atoms with E-state index in [0.717, 1.165) is 40.3 Å². The Bertz CT molecular complexity index is 1680. The van der Waals surface area contributed by atoms with Crippen LogP contribution in [0.25, 0.3) is 27.3 Å². The summed E-state index contributed by atoms with van der Waals surface area (Å²) in [7, 11) is 0. The average Bonchev–Trinajstić information content (AvgIpc) is 3.24. The standard InChI is InChI=1S/C27H27ClN4O4/c1-4-27(35)17-10-20-23-15(12-32(20)25(33)16(17)13-36-26(27)34)24-22-18(6-5-7-19(22)30-23)29-21(11-28)31(24)9-8-14(2)3/h5-7,10,12,14,21,35H,4,8-9,11,13H2,1-3H3/t21?,27-/m0/s1. The number of alkyl halides is 1. The molecule has 1 unspecified atom stereocenters. The molecule has 2 aliphatic rings. The molecular weight excluding hydrogens is 480 g/mol. The molecule has 8 nitrogen and oxygen atoms in total. The molecule has 9 heteroatoms. The Morgan fingerprint density at radius 3 is 2.83 bits per heavy atom. The number of fused-ring (bicyclic) bond motifs is 5. The van der Waals surface area contributed by atoms with Gasteiger partial charge in [-0.05, 0) is 37.0 Å². The summed E-state index contributed by atoms with van der Waals surface area (Å²) in [5.74, 6) is 0.0832. The third-order valence-electron chi connectivity index (χ3n) is 7.51. The van der Waals surface area contributed by atoms with E-state index in [1.54, 1.807) is 17.4 Å². The van der Waals surface area contributed by atoms with Gasteiger partial charge in [0.05, 0.1) is 39.0 Å². The molecule has 0 saturated carbocycles. The van der Waals surface area contributed by atoms with Crippen LogP contribution in [0.15, 0.2) is 40.2 Å². The zero-order valence-electron chi connectivity index (χ0n) is 20.4. The van der Waals surface area contributed by atoms with Gasteiger partial charge in [-0.25, -0.2) is 9.78 Å². The smallest absolute Gasteiger partial charge is 0.343 e. The Morgan fingerprint density at radius 1 is 1.31 bits per heavy atom. The zero-order valence-corrected chi connectivity index (χ0v) is 21.2. The highest BCUT2D eigenvalue weighted by Crippen LogP contribution is 2.40. The van der Waals surface area contributed by atoms with Crippen molar-refractivity contribution in [2.75, 3.05) is 17.3 Å². The van der Waals surface area contributed by atoms with Gasteiger partial charge in [0.1, 0.15) is 12.8 Å². The first kappa shape index (κ1) is 23.2. The summed E-state index contributed by atoms with van der Waals surface area (Å²) in [6, 6.07) is 7.56. The molecule has 186 valence electrons. The molecule has 6 rings (SSSR count). The van der Waals surface area contributed by atoms with E-state index in [0.29, 0.717) is 28.4 Å². The zero-order chi connectivity index (χ0) is 25.4. The van der Waals surface area contributed by atoms with Crippen LogP contribution < -0.4 is 15.8 Å². The molecule has 4 aromatic rings. The van der Waals surface area contributed by atoms with Crippen molar-refractivity contribution in [1.82, 2.24) is 9.38 Å². The molecule has 0 bridgehead atoms. The monoisotopic (exact) mass is 506 g/mol. The van der Waals surface area contributed by atoms with E-state index in [1.165, 1.54) is 0 Å². The Hall–Kier alpha value is -3.23. The van der Waals surface area contributed by atoms with Crippen molar-refractivity contribution < 1.29 is 14.6 Å². The number of pyridine rings is 2. The molecule has 1 aromatic carbocycles. The third kappa shape index (κ3) is 3.10. The quantitative estimate of drug-likeness (QED) is 0.329. The molecule has 2 aliphatic heterocycles. The molecule has 0 amide bonds. The summed E-state index contributed by atoms with van der Waals surface area (Å²) >= 11 is 6.41. The number of hydrogen-bond donors (Lipinski definition) is 1. The largest absolute Gasteiger partial charge is 0.458 e. The first-order valence-corrected chi connectivity index (χ1v) is 12.9. The molecule has 0 radical (unpaired) electrons. The summed E-state index contributed by atoms with van der Waals surface area (Å²) in [5, 5.41) is 13.7. The summed E-state index contributed by atoms with van der Waals surface area (Å²) in [5.41, 5.74) is 1.32. The van der Waals surface area contributed by atoms with E-state index >= 15 is 0 Å². The topological polar surface area (TPSA) is 96.5 Å². The van der Waals surface area contributed by atoms with Crippen molar-refractivity contribution in [2.24, 2.45) is 10.9 Å². The lowest BCUT2D eigenvalue weighted by atomic mass is 9.86. The molecule has 1 N–H and O–H groups in total. The summed E-state index contributed by atoms with van der Waals surface area (Å²) in [6.45, 7) is 6.65. The van der Waals surface area contributed by atoms with E-state index in [2.05, 4.69) is 18.7 Å². The molecule has 0 spiro atoms. The molecule has 36 heavy (non-hydrogen) atoms. The molecule has 0 aliphatic carbocycles. The van der Waals surface area contributed by atoms with Crippen LogP contribution >= 0.6 is 11.6 Å². The van der Waals surface area contributed by atoms with Crippen molar-refractivity contribution in [1.29, 1.82) is 0 Å². The highest BCUT2D eigenvalue weighted by molar-refractivity contribution is 6.19. The minimum atomic E-state index is -1.87. The fraction of sp³-hybridized carbons (Fsp3) is 0.407. The number of carbonyl (C=O) groups excluding carboxylic acids is 1. The summed E-state index contributed by atoms with van der Waals surface area (Å²) < 4.78 is 6.75. The minimum Gasteiger partial charge on any atom is -0.458 e. The third-order valence-corrected chi connectivity index (χ3v) is 7.78. The van der Waals surface area contributed by atoms with Crippen LogP contribution in [0.3, 0.4) is 0 Å². The molecule has 3 aromatic heterocycles. The Kier molecular flexibility index (Phi) is 5.25. The lowest BCUT2D eigenvalue weighted by Gasteiger charge is -2.34. The van der Waals surface area contributed by atoms with Gasteiger partial charge in [-0.2, -0.15) is 0 Å². The van der Waals surface area contributed by atoms with Crippen LogP contribution in [-0.2, 0) is 21.7 Å². The van der Waals surface area contributed by atoms with Crippen LogP contribution in [0.1, 0.15) is 44.7 Å². The highest BCUT2D eigenvalue weighted by Gasteiger charge is 2.44. The van der Waals surface area contributed by atoms with Gasteiger partial charge >= 0.3 is 5.97 Å². The predicted octanol–water partition coefficient (Wildman–Crippen LogP) is 3.42. The second kappa shape index (κ2) is 8.15. The number of ether oxygens (including phenoxy) is 1. The summed E-state index contributed by atoms with van der Waals surface area (Å²) in [6.07, 6.45) is 2.62. The Morgan fingerprint density at radius 2 is 2.11 bits per heavy atom. The number of carbonyl (C=O) groups is 1. The van der Waals surface area contributed by atoms with Crippen molar-refractivity contribution in [3.05, 3.63) is 57.3 Å². The number of cyclic esters (lactones) is 1. The van der Waals surface area contributed by atoms with Crippen LogP contribution in [0.5, 0.6) is 0 Å². The number of esters is 1. The van der Waals surface area contributed by atoms with Gasteiger partial charge in [-0.15, -0.1) is 11.6 Å². The van der Waals surface area contributed by atoms with Gasteiger partial charge in [-0.1, -0.05) is 26.8 Å². The maximum atomic E-state index is 13.6. The van der Waals surface area contributed by atoms with Gasteiger partial charge < -0.3 is 14.7 Å². The molecule has 2 atom stereocenters. The molecular formula is C27H27ClN4O4. The lowest BCUT2D eigenvalue weighted by molar-refractivity contribution is -0.172. The number of aliphatic hydroxyl groups is 1.